The van der Waals surface area contributed by atoms with Crippen LogP contribution in [0.4, 0.5) is 0 Å². The zero-order valence-electron chi connectivity index (χ0n) is 9.97. The van der Waals surface area contributed by atoms with E-state index in [1.807, 2.05) is 0 Å². The molecular weight excluding hydrogens is 228 g/mol. The van der Waals surface area contributed by atoms with Crippen molar-refractivity contribution in [2.45, 2.75) is 39.5 Å². The fourth-order valence-electron chi connectivity index (χ4n) is 1.97. The number of carboxylic acids is 3. The van der Waals surface area contributed by atoms with E-state index in [2.05, 4.69) is 0 Å². The molecule has 0 spiro atoms. The third-order valence-electron chi connectivity index (χ3n) is 2.79. The Morgan fingerprint density at radius 1 is 1.18 bits per heavy atom. The van der Waals surface area contributed by atoms with E-state index in [1.165, 1.54) is 6.92 Å². The molecule has 0 aromatic carbocycles. The first-order valence-corrected chi connectivity index (χ1v) is 5.43. The third kappa shape index (κ3) is 4.42. The monoisotopic (exact) mass is 246 g/mol. The molecule has 0 aliphatic carbocycles. The second kappa shape index (κ2) is 6.22. The molecule has 0 aromatic rings. The highest BCUT2D eigenvalue weighted by atomic mass is 16.4. The van der Waals surface area contributed by atoms with E-state index in [4.69, 9.17) is 10.2 Å². The van der Waals surface area contributed by atoms with Crippen LogP contribution in [0.15, 0.2) is 0 Å². The fourth-order valence-corrected chi connectivity index (χ4v) is 1.97. The van der Waals surface area contributed by atoms with Crippen LogP contribution in [0.25, 0.3) is 0 Å². The molecule has 0 radical (unpaired) electrons. The van der Waals surface area contributed by atoms with Crippen molar-refractivity contribution in [1.82, 2.24) is 0 Å². The average molecular weight is 246 g/mol. The molecule has 98 valence electrons. The lowest BCUT2D eigenvalue weighted by Crippen LogP contribution is -2.36. The van der Waals surface area contributed by atoms with Gasteiger partial charge in [-0.15, -0.1) is 0 Å². The number of carboxylic acid groups (broad SMARTS) is 3. The van der Waals surface area contributed by atoms with Gasteiger partial charge in [0.2, 0.25) is 0 Å². The highest BCUT2D eigenvalue weighted by molar-refractivity contribution is 5.82. The van der Waals surface area contributed by atoms with Crippen LogP contribution in [0, 0.1) is 11.3 Å². The van der Waals surface area contributed by atoms with Crippen molar-refractivity contribution < 1.29 is 29.7 Å². The summed E-state index contributed by atoms with van der Waals surface area (Å²) in [6.45, 7) is 3.13. The van der Waals surface area contributed by atoms with Gasteiger partial charge in [-0.1, -0.05) is 20.3 Å². The largest absolute Gasteiger partial charge is 0.481 e. The molecule has 0 saturated heterocycles. The quantitative estimate of drug-likeness (QED) is 0.597. The number of hydrogen-bond acceptors (Lipinski definition) is 3. The molecule has 0 saturated carbocycles. The zero-order valence-corrected chi connectivity index (χ0v) is 9.97. The van der Waals surface area contributed by atoms with Crippen LogP contribution in [0.1, 0.15) is 39.5 Å². The lowest BCUT2D eigenvalue weighted by molar-refractivity contribution is -0.159. The van der Waals surface area contributed by atoms with Crippen LogP contribution in [0.2, 0.25) is 0 Å². The van der Waals surface area contributed by atoms with Gasteiger partial charge in [0.1, 0.15) is 0 Å². The van der Waals surface area contributed by atoms with Crippen LogP contribution in [0.5, 0.6) is 0 Å². The van der Waals surface area contributed by atoms with E-state index in [0.717, 1.165) is 0 Å². The smallest absolute Gasteiger partial charge is 0.310 e. The van der Waals surface area contributed by atoms with Crippen molar-refractivity contribution in [3.8, 4) is 0 Å². The molecule has 0 bridgehead atoms. The fraction of sp³-hybridized carbons (Fsp3) is 0.727. The summed E-state index contributed by atoms with van der Waals surface area (Å²) < 4.78 is 0. The maximum absolute atomic E-state index is 11.2. The molecule has 0 aliphatic rings. The predicted molar refractivity (Wildman–Crippen MR) is 58.6 cm³/mol. The normalized spacial score (nSPS) is 15.9. The van der Waals surface area contributed by atoms with Gasteiger partial charge >= 0.3 is 17.9 Å². The van der Waals surface area contributed by atoms with Gasteiger partial charge in [-0.3, -0.25) is 14.4 Å². The van der Waals surface area contributed by atoms with Gasteiger partial charge in [0.25, 0.3) is 0 Å². The van der Waals surface area contributed by atoms with Gasteiger partial charge in [0.05, 0.1) is 17.8 Å². The number of carbonyl (C=O) groups is 3. The molecule has 3 N–H and O–H groups in total. The van der Waals surface area contributed by atoms with Gasteiger partial charge < -0.3 is 15.3 Å². The van der Waals surface area contributed by atoms with Crippen LogP contribution in [0.3, 0.4) is 0 Å². The minimum absolute atomic E-state index is 0.159. The minimum atomic E-state index is -1.49. The predicted octanol–water partition coefficient (Wildman–Crippen LogP) is 1.44. The van der Waals surface area contributed by atoms with E-state index < -0.39 is 35.7 Å². The Labute approximate surface area is 99.3 Å². The number of rotatable bonds is 8. The van der Waals surface area contributed by atoms with Gasteiger partial charge in [-0.2, -0.15) is 0 Å². The van der Waals surface area contributed by atoms with Crippen LogP contribution in [-0.2, 0) is 14.4 Å². The van der Waals surface area contributed by atoms with Gasteiger partial charge in [0.15, 0.2) is 0 Å². The highest BCUT2D eigenvalue weighted by Crippen LogP contribution is 2.36. The Kier molecular flexibility index (Phi) is 5.64. The summed E-state index contributed by atoms with van der Waals surface area (Å²) >= 11 is 0. The summed E-state index contributed by atoms with van der Waals surface area (Å²) in [5, 5.41) is 26.7. The molecule has 0 fully saturated rings. The average Bonchev–Trinajstić information content (AvgIpc) is 2.16. The van der Waals surface area contributed by atoms with Crippen LogP contribution < -0.4 is 0 Å². The Balaban J connectivity index is 5.09. The Morgan fingerprint density at radius 2 is 1.71 bits per heavy atom. The molecule has 0 heterocycles. The van der Waals surface area contributed by atoms with Crippen molar-refractivity contribution in [2.24, 2.45) is 11.3 Å². The molecule has 0 amide bonds. The number of aliphatic carboxylic acids is 3. The summed E-state index contributed by atoms with van der Waals surface area (Å²) in [6, 6.07) is 0. The summed E-state index contributed by atoms with van der Waals surface area (Å²) in [4.78, 5) is 32.7. The summed E-state index contributed by atoms with van der Waals surface area (Å²) in [5.74, 6) is -4.46. The van der Waals surface area contributed by atoms with Crippen LogP contribution in [-0.4, -0.2) is 33.2 Å². The van der Waals surface area contributed by atoms with Crippen molar-refractivity contribution in [1.29, 1.82) is 0 Å². The molecule has 2 atom stereocenters. The van der Waals surface area contributed by atoms with Crippen molar-refractivity contribution in [2.75, 3.05) is 0 Å². The van der Waals surface area contributed by atoms with E-state index in [1.54, 1.807) is 6.92 Å². The van der Waals surface area contributed by atoms with Crippen molar-refractivity contribution in [3.05, 3.63) is 0 Å². The molecule has 0 rings (SSSR count). The van der Waals surface area contributed by atoms with E-state index >= 15 is 0 Å². The van der Waals surface area contributed by atoms with Crippen molar-refractivity contribution >= 4 is 17.9 Å². The first-order chi connectivity index (χ1) is 7.75. The maximum Gasteiger partial charge on any atom is 0.310 e. The topological polar surface area (TPSA) is 112 Å². The van der Waals surface area contributed by atoms with Gasteiger partial charge in [-0.25, -0.2) is 0 Å². The first kappa shape index (κ1) is 15.4. The summed E-state index contributed by atoms with van der Waals surface area (Å²) in [7, 11) is 0. The summed E-state index contributed by atoms with van der Waals surface area (Å²) in [6.07, 6.45) is -0.0657. The number of hydrogen-bond donors (Lipinski definition) is 3. The Morgan fingerprint density at radius 3 is 2.00 bits per heavy atom. The lowest BCUT2D eigenvalue weighted by atomic mass is 9.73. The zero-order chi connectivity index (χ0) is 13.6. The van der Waals surface area contributed by atoms with E-state index in [9.17, 15) is 19.5 Å². The molecule has 0 aromatic heterocycles. The molecule has 6 heteroatoms. The highest BCUT2D eigenvalue weighted by Gasteiger charge is 2.42. The SMILES string of the molecule is CCCC(CC(=O)O)(CC(C)C(=O)O)C(=O)O. The van der Waals surface area contributed by atoms with Crippen LogP contribution >= 0.6 is 0 Å². The van der Waals surface area contributed by atoms with Gasteiger partial charge in [0, 0.05) is 0 Å². The lowest BCUT2D eigenvalue weighted by Gasteiger charge is -2.29. The molecule has 17 heavy (non-hydrogen) atoms. The molecule has 6 nitrogen and oxygen atoms in total. The van der Waals surface area contributed by atoms with Gasteiger partial charge in [-0.05, 0) is 12.8 Å². The molecule has 2 unspecified atom stereocenters. The first-order valence-electron chi connectivity index (χ1n) is 5.43. The maximum atomic E-state index is 11.2. The molecular formula is C11H18O6. The standard InChI is InChI=1S/C11H18O6/c1-3-4-11(10(16)17,6-8(12)13)5-7(2)9(14)15/h7H,3-6H2,1-2H3,(H,12,13)(H,14,15)(H,16,17). The Hall–Kier alpha value is -1.59. The van der Waals surface area contributed by atoms with E-state index in [-0.39, 0.29) is 12.8 Å². The van der Waals surface area contributed by atoms with E-state index in [0.29, 0.717) is 6.42 Å². The summed E-state index contributed by atoms with van der Waals surface area (Å²) in [5.41, 5.74) is -1.49. The third-order valence-corrected chi connectivity index (χ3v) is 2.79. The minimum Gasteiger partial charge on any atom is -0.481 e. The second-order valence-corrected chi connectivity index (χ2v) is 4.35. The Bertz CT molecular complexity index is 311. The second-order valence-electron chi connectivity index (χ2n) is 4.35. The molecule has 0 aliphatic heterocycles. The van der Waals surface area contributed by atoms with Crippen molar-refractivity contribution in [3.63, 3.8) is 0 Å².